The van der Waals surface area contributed by atoms with Gasteiger partial charge in [-0.3, -0.25) is 9.69 Å². The molecule has 5 heteroatoms. The summed E-state index contributed by atoms with van der Waals surface area (Å²) in [5, 5.41) is 9.81. The van der Waals surface area contributed by atoms with Gasteiger partial charge in [0.05, 0.1) is 12.7 Å². The minimum Gasteiger partial charge on any atom is -0.504 e. The average Bonchev–Trinajstić information content (AvgIpc) is 2.49. The predicted molar refractivity (Wildman–Crippen MR) is 77.4 cm³/mol. The fraction of sp³-hybridized carbons (Fsp3) is 0.533. The van der Waals surface area contributed by atoms with Crippen molar-refractivity contribution < 1.29 is 14.6 Å². The standard InChI is InChI=1S/C15H22N2O3/c1-3-16-4-6-17(7-5-16)10-12-8-13(11-18)15(19)14(9-12)20-2/h8-9,11,19H,3-7,10H2,1-2H3. The molecule has 2 rings (SSSR count). The Morgan fingerprint density at radius 1 is 1.25 bits per heavy atom. The Kier molecular flexibility index (Phi) is 4.98. The molecule has 0 aromatic heterocycles. The maximum Gasteiger partial charge on any atom is 0.168 e. The molecule has 0 amide bonds. The van der Waals surface area contributed by atoms with Gasteiger partial charge in [0.25, 0.3) is 0 Å². The molecule has 0 unspecified atom stereocenters. The van der Waals surface area contributed by atoms with Crippen molar-refractivity contribution in [1.82, 2.24) is 9.80 Å². The van der Waals surface area contributed by atoms with Crippen LogP contribution < -0.4 is 4.74 Å². The molecule has 1 aromatic rings. The van der Waals surface area contributed by atoms with Gasteiger partial charge in [-0.25, -0.2) is 0 Å². The van der Waals surface area contributed by atoms with Crippen molar-refractivity contribution in [3.05, 3.63) is 23.3 Å². The molecule has 0 radical (unpaired) electrons. The lowest BCUT2D eigenvalue weighted by Gasteiger charge is -2.34. The zero-order chi connectivity index (χ0) is 14.5. The molecule has 1 aromatic carbocycles. The van der Waals surface area contributed by atoms with E-state index in [0.717, 1.165) is 44.8 Å². The molecule has 0 aliphatic carbocycles. The highest BCUT2D eigenvalue weighted by Gasteiger charge is 2.17. The van der Waals surface area contributed by atoms with Gasteiger partial charge in [-0.1, -0.05) is 6.92 Å². The van der Waals surface area contributed by atoms with Crippen LogP contribution in [-0.4, -0.2) is 61.0 Å². The minimum atomic E-state index is -0.0814. The summed E-state index contributed by atoms with van der Waals surface area (Å²) < 4.78 is 5.12. The summed E-state index contributed by atoms with van der Waals surface area (Å²) in [5.41, 5.74) is 1.28. The summed E-state index contributed by atoms with van der Waals surface area (Å²) in [6.45, 7) is 8.24. The largest absolute Gasteiger partial charge is 0.504 e. The molecule has 0 saturated carbocycles. The minimum absolute atomic E-state index is 0.0814. The summed E-state index contributed by atoms with van der Waals surface area (Å²) in [6, 6.07) is 3.53. The van der Waals surface area contributed by atoms with Crippen LogP contribution >= 0.6 is 0 Å². The molecular formula is C15H22N2O3. The monoisotopic (exact) mass is 278 g/mol. The van der Waals surface area contributed by atoms with Gasteiger partial charge >= 0.3 is 0 Å². The first-order valence-electron chi connectivity index (χ1n) is 6.97. The van der Waals surface area contributed by atoms with Crippen molar-refractivity contribution >= 4 is 6.29 Å². The van der Waals surface area contributed by atoms with Crippen molar-refractivity contribution in [2.75, 3.05) is 39.8 Å². The van der Waals surface area contributed by atoms with Gasteiger partial charge in [0.2, 0.25) is 0 Å². The van der Waals surface area contributed by atoms with Gasteiger partial charge in [-0.15, -0.1) is 0 Å². The van der Waals surface area contributed by atoms with E-state index in [2.05, 4.69) is 16.7 Å². The number of ether oxygens (including phenoxy) is 1. The quantitative estimate of drug-likeness (QED) is 0.824. The summed E-state index contributed by atoms with van der Waals surface area (Å²) >= 11 is 0. The van der Waals surface area contributed by atoms with E-state index >= 15 is 0 Å². The Bertz CT molecular complexity index is 468. The summed E-state index contributed by atoms with van der Waals surface area (Å²) in [5.74, 6) is 0.277. The van der Waals surface area contributed by atoms with Gasteiger partial charge in [0.15, 0.2) is 17.8 Å². The number of carbonyl (C=O) groups is 1. The molecule has 5 nitrogen and oxygen atoms in total. The van der Waals surface area contributed by atoms with Crippen LogP contribution in [0, 0.1) is 0 Å². The van der Waals surface area contributed by atoms with Gasteiger partial charge in [-0.05, 0) is 24.2 Å². The number of piperazine rings is 1. The lowest BCUT2D eigenvalue weighted by atomic mass is 10.1. The topological polar surface area (TPSA) is 53.0 Å². The Labute approximate surface area is 119 Å². The van der Waals surface area contributed by atoms with Crippen molar-refractivity contribution in [1.29, 1.82) is 0 Å². The maximum absolute atomic E-state index is 11.0. The van der Waals surface area contributed by atoms with E-state index in [1.807, 2.05) is 0 Å². The molecule has 0 bridgehead atoms. The first-order valence-corrected chi connectivity index (χ1v) is 6.97. The van der Waals surface area contributed by atoms with E-state index in [4.69, 9.17) is 4.74 Å². The fourth-order valence-electron chi connectivity index (χ4n) is 2.55. The third-order valence-corrected chi connectivity index (χ3v) is 3.83. The van der Waals surface area contributed by atoms with Crippen LogP contribution in [0.25, 0.3) is 0 Å². The Morgan fingerprint density at radius 2 is 1.90 bits per heavy atom. The number of benzene rings is 1. The number of carbonyl (C=O) groups excluding carboxylic acids is 1. The van der Waals surface area contributed by atoms with E-state index in [0.29, 0.717) is 12.0 Å². The number of hydrogen-bond acceptors (Lipinski definition) is 5. The lowest BCUT2D eigenvalue weighted by molar-refractivity contribution is 0.111. The molecule has 1 saturated heterocycles. The van der Waals surface area contributed by atoms with Crippen LogP contribution in [0.2, 0.25) is 0 Å². The number of aldehydes is 1. The number of phenols is 1. The van der Waals surface area contributed by atoms with Crippen LogP contribution in [0.4, 0.5) is 0 Å². The Balaban J connectivity index is 2.08. The summed E-state index contributed by atoms with van der Waals surface area (Å²) in [7, 11) is 1.49. The zero-order valence-electron chi connectivity index (χ0n) is 12.1. The first kappa shape index (κ1) is 14.8. The summed E-state index contributed by atoms with van der Waals surface area (Å²) in [4.78, 5) is 15.8. The zero-order valence-corrected chi connectivity index (χ0v) is 12.1. The Morgan fingerprint density at radius 3 is 2.45 bits per heavy atom. The van der Waals surface area contributed by atoms with Crippen molar-refractivity contribution in [2.24, 2.45) is 0 Å². The highest BCUT2D eigenvalue weighted by Crippen LogP contribution is 2.30. The SMILES string of the molecule is CCN1CCN(Cc2cc(C=O)c(O)c(OC)c2)CC1. The maximum atomic E-state index is 11.0. The van der Waals surface area contributed by atoms with Crippen LogP contribution in [0.3, 0.4) is 0 Å². The number of aromatic hydroxyl groups is 1. The second kappa shape index (κ2) is 6.72. The Hall–Kier alpha value is -1.59. The van der Waals surface area contributed by atoms with Crippen LogP contribution in [0.15, 0.2) is 12.1 Å². The molecule has 1 N–H and O–H groups in total. The molecule has 20 heavy (non-hydrogen) atoms. The molecule has 0 atom stereocenters. The van der Waals surface area contributed by atoms with E-state index < -0.39 is 0 Å². The second-order valence-electron chi connectivity index (χ2n) is 5.06. The van der Waals surface area contributed by atoms with E-state index in [9.17, 15) is 9.90 Å². The average molecular weight is 278 g/mol. The fourth-order valence-corrected chi connectivity index (χ4v) is 2.55. The number of likely N-dealkylation sites (N-methyl/N-ethyl adjacent to an activating group) is 1. The smallest absolute Gasteiger partial charge is 0.168 e. The van der Waals surface area contributed by atoms with Gasteiger partial charge < -0.3 is 14.7 Å². The van der Waals surface area contributed by atoms with E-state index in [-0.39, 0.29) is 11.3 Å². The van der Waals surface area contributed by atoms with E-state index in [1.54, 1.807) is 12.1 Å². The van der Waals surface area contributed by atoms with E-state index in [1.165, 1.54) is 7.11 Å². The molecule has 1 heterocycles. The van der Waals surface area contributed by atoms with Crippen molar-refractivity contribution in [3.8, 4) is 11.5 Å². The molecular weight excluding hydrogens is 256 g/mol. The third-order valence-electron chi connectivity index (χ3n) is 3.83. The third kappa shape index (κ3) is 3.29. The highest BCUT2D eigenvalue weighted by molar-refractivity contribution is 5.81. The van der Waals surface area contributed by atoms with Gasteiger partial charge in [-0.2, -0.15) is 0 Å². The summed E-state index contributed by atoms with van der Waals surface area (Å²) in [6.07, 6.45) is 0.663. The first-order chi connectivity index (χ1) is 9.67. The molecule has 1 fully saturated rings. The molecule has 0 spiro atoms. The number of rotatable bonds is 5. The molecule has 1 aliphatic rings. The number of phenolic OH excluding ortho intramolecular Hbond substituents is 1. The molecule has 1 aliphatic heterocycles. The van der Waals surface area contributed by atoms with Crippen LogP contribution in [0.5, 0.6) is 11.5 Å². The van der Waals surface area contributed by atoms with Gasteiger partial charge in [0, 0.05) is 32.7 Å². The number of methoxy groups -OCH3 is 1. The lowest BCUT2D eigenvalue weighted by Crippen LogP contribution is -2.45. The highest BCUT2D eigenvalue weighted by atomic mass is 16.5. The number of nitrogens with zero attached hydrogens (tertiary/aromatic N) is 2. The van der Waals surface area contributed by atoms with Crippen LogP contribution in [0.1, 0.15) is 22.8 Å². The van der Waals surface area contributed by atoms with Gasteiger partial charge in [0.1, 0.15) is 0 Å². The van der Waals surface area contributed by atoms with Crippen molar-refractivity contribution in [2.45, 2.75) is 13.5 Å². The van der Waals surface area contributed by atoms with Crippen LogP contribution in [-0.2, 0) is 6.54 Å². The normalized spacial score (nSPS) is 17.1. The number of hydrogen-bond donors (Lipinski definition) is 1. The molecule has 110 valence electrons. The predicted octanol–water partition coefficient (Wildman–Crippen LogP) is 1.35. The van der Waals surface area contributed by atoms with Crippen molar-refractivity contribution in [3.63, 3.8) is 0 Å². The second-order valence-corrected chi connectivity index (χ2v) is 5.06.